The number of carbonyl (C=O) groups excluding carboxylic acids is 1. The number of rotatable bonds is 3. The van der Waals surface area contributed by atoms with Crippen LogP contribution in [0.2, 0.25) is 0 Å². The quantitative estimate of drug-likeness (QED) is 0.941. The standard InChI is InChI=1S/C17H17NO3/c1-20-12-8-6-11(7-9-12)13-10-16(19)18-14-4-3-5-15(21-2)17(13)14/h3-9,13H,10H2,1-2H3,(H,18,19). The van der Waals surface area contributed by atoms with Gasteiger partial charge in [-0.15, -0.1) is 0 Å². The van der Waals surface area contributed by atoms with Gasteiger partial charge < -0.3 is 14.8 Å². The minimum absolute atomic E-state index is 0.00388. The summed E-state index contributed by atoms with van der Waals surface area (Å²) in [4.78, 5) is 12.0. The van der Waals surface area contributed by atoms with E-state index in [2.05, 4.69) is 5.32 Å². The van der Waals surface area contributed by atoms with E-state index in [9.17, 15) is 4.79 Å². The van der Waals surface area contributed by atoms with Crippen molar-refractivity contribution >= 4 is 11.6 Å². The predicted molar refractivity (Wildman–Crippen MR) is 81.1 cm³/mol. The molecule has 0 radical (unpaired) electrons. The van der Waals surface area contributed by atoms with E-state index in [0.29, 0.717) is 6.42 Å². The number of methoxy groups -OCH3 is 2. The fraction of sp³-hybridized carbons (Fsp3) is 0.235. The highest BCUT2D eigenvalue weighted by atomic mass is 16.5. The Morgan fingerprint density at radius 1 is 1.05 bits per heavy atom. The molecule has 0 aromatic heterocycles. The predicted octanol–water partition coefficient (Wildman–Crippen LogP) is 3.18. The molecule has 1 aliphatic rings. The van der Waals surface area contributed by atoms with E-state index < -0.39 is 0 Å². The van der Waals surface area contributed by atoms with Crippen molar-refractivity contribution in [2.24, 2.45) is 0 Å². The van der Waals surface area contributed by atoms with E-state index in [1.165, 1.54) is 0 Å². The summed E-state index contributed by atoms with van der Waals surface area (Å²) < 4.78 is 10.7. The number of fused-ring (bicyclic) bond motifs is 1. The first-order valence-electron chi connectivity index (χ1n) is 6.83. The molecule has 0 saturated heterocycles. The lowest BCUT2D eigenvalue weighted by Gasteiger charge is -2.27. The molecule has 3 rings (SSSR count). The van der Waals surface area contributed by atoms with Gasteiger partial charge in [0.15, 0.2) is 0 Å². The first-order chi connectivity index (χ1) is 10.2. The van der Waals surface area contributed by atoms with E-state index >= 15 is 0 Å². The largest absolute Gasteiger partial charge is 0.497 e. The van der Waals surface area contributed by atoms with Gasteiger partial charge in [0, 0.05) is 23.6 Å². The highest BCUT2D eigenvalue weighted by Gasteiger charge is 2.29. The summed E-state index contributed by atoms with van der Waals surface area (Å²) in [6.45, 7) is 0. The van der Waals surface area contributed by atoms with Gasteiger partial charge in [0.2, 0.25) is 5.91 Å². The molecule has 1 heterocycles. The van der Waals surface area contributed by atoms with Crippen LogP contribution in [0, 0.1) is 0 Å². The molecule has 2 aromatic rings. The van der Waals surface area contributed by atoms with E-state index in [0.717, 1.165) is 28.3 Å². The highest BCUT2D eigenvalue weighted by Crippen LogP contribution is 2.42. The molecule has 0 spiro atoms. The maximum Gasteiger partial charge on any atom is 0.225 e. The van der Waals surface area contributed by atoms with Crippen molar-refractivity contribution in [3.05, 3.63) is 53.6 Å². The lowest BCUT2D eigenvalue weighted by atomic mass is 9.84. The molecule has 4 nitrogen and oxygen atoms in total. The van der Waals surface area contributed by atoms with Crippen molar-refractivity contribution in [2.75, 3.05) is 19.5 Å². The first kappa shape index (κ1) is 13.5. The van der Waals surface area contributed by atoms with Crippen LogP contribution in [0.4, 0.5) is 5.69 Å². The monoisotopic (exact) mass is 283 g/mol. The molecule has 0 bridgehead atoms. The molecule has 1 aliphatic heterocycles. The Morgan fingerprint density at radius 2 is 1.81 bits per heavy atom. The second kappa shape index (κ2) is 5.48. The average Bonchev–Trinajstić information content (AvgIpc) is 2.53. The topological polar surface area (TPSA) is 47.6 Å². The van der Waals surface area contributed by atoms with Crippen molar-refractivity contribution < 1.29 is 14.3 Å². The Morgan fingerprint density at radius 3 is 2.48 bits per heavy atom. The lowest BCUT2D eigenvalue weighted by Crippen LogP contribution is -2.24. The number of benzene rings is 2. The SMILES string of the molecule is COc1ccc(C2CC(=O)Nc3cccc(OC)c32)cc1. The summed E-state index contributed by atoms with van der Waals surface area (Å²) in [5.74, 6) is 1.62. The minimum atomic E-state index is -0.00388. The molecule has 0 aliphatic carbocycles. The van der Waals surface area contributed by atoms with Crippen molar-refractivity contribution in [1.29, 1.82) is 0 Å². The zero-order valence-corrected chi connectivity index (χ0v) is 12.1. The number of amides is 1. The zero-order valence-electron chi connectivity index (χ0n) is 12.1. The minimum Gasteiger partial charge on any atom is -0.497 e. The van der Waals surface area contributed by atoms with Gasteiger partial charge in [0.1, 0.15) is 11.5 Å². The van der Waals surface area contributed by atoms with Gasteiger partial charge in [-0.2, -0.15) is 0 Å². The Bertz CT molecular complexity index is 664. The van der Waals surface area contributed by atoms with Crippen LogP contribution in [0.15, 0.2) is 42.5 Å². The smallest absolute Gasteiger partial charge is 0.225 e. The second-order valence-corrected chi connectivity index (χ2v) is 5.00. The zero-order chi connectivity index (χ0) is 14.8. The van der Waals surface area contributed by atoms with Gasteiger partial charge in [-0.05, 0) is 29.8 Å². The Balaban J connectivity index is 2.09. The van der Waals surface area contributed by atoms with Gasteiger partial charge in [-0.25, -0.2) is 0 Å². The summed E-state index contributed by atoms with van der Waals surface area (Å²) in [5, 5.41) is 2.91. The number of anilines is 1. The molecule has 1 amide bonds. The van der Waals surface area contributed by atoms with Crippen LogP contribution in [0.25, 0.3) is 0 Å². The van der Waals surface area contributed by atoms with Crippen molar-refractivity contribution in [3.63, 3.8) is 0 Å². The molecule has 2 aromatic carbocycles. The van der Waals surface area contributed by atoms with Crippen molar-refractivity contribution in [3.8, 4) is 11.5 Å². The molecule has 1 unspecified atom stereocenters. The highest BCUT2D eigenvalue weighted by molar-refractivity contribution is 5.96. The number of hydrogen-bond acceptors (Lipinski definition) is 3. The van der Waals surface area contributed by atoms with Gasteiger partial charge in [0.05, 0.1) is 14.2 Å². The van der Waals surface area contributed by atoms with Crippen LogP contribution in [-0.2, 0) is 4.79 Å². The summed E-state index contributed by atoms with van der Waals surface area (Å²) in [6.07, 6.45) is 0.416. The second-order valence-electron chi connectivity index (χ2n) is 5.00. The van der Waals surface area contributed by atoms with Gasteiger partial charge in [-0.3, -0.25) is 4.79 Å². The average molecular weight is 283 g/mol. The molecular formula is C17H17NO3. The fourth-order valence-corrected chi connectivity index (χ4v) is 2.80. The molecule has 1 atom stereocenters. The molecule has 1 N–H and O–H groups in total. The maximum atomic E-state index is 12.0. The number of ether oxygens (including phenoxy) is 2. The van der Waals surface area contributed by atoms with Crippen molar-refractivity contribution in [1.82, 2.24) is 0 Å². The van der Waals surface area contributed by atoms with Crippen LogP contribution in [-0.4, -0.2) is 20.1 Å². The van der Waals surface area contributed by atoms with Crippen LogP contribution < -0.4 is 14.8 Å². The number of hydrogen-bond donors (Lipinski definition) is 1. The molecule has 0 saturated carbocycles. The first-order valence-corrected chi connectivity index (χ1v) is 6.83. The summed E-state index contributed by atoms with van der Waals surface area (Å²) in [7, 11) is 3.29. The van der Waals surface area contributed by atoms with Gasteiger partial charge in [-0.1, -0.05) is 18.2 Å². The Kier molecular flexibility index (Phi) is 3.52. The Labute approximate surface area is 123 Å². The van der Waals surface area contributed by atoms with Crippen LogP contribution in [0.5, 0.6) is 11.5 Å². The molecular weight excluding hydrogens is 266 g/mol. The molecule has 0 fully saturated rings. The third-order valence-electron chi connectivity index (χ3n) is 3.82. The van der Waals surface area contributed by atoms with Crippen molar-refractivity contribution in [2.45, 2.75) is 12.3 Å². The lowest BCUT2D eigenvalue weighted by molar-refractivity contribution is -0.116. The third-order valence-corrected chi connectivity index (χ3v) is 3.82. The van der Waals surface area contributed by atoms with E-state index in [1.807, 2.05) is 42.5 Å². The third kappa shape index (κ3) is 2.44. The van der Waals surface area contributed by atoms with Gasteiger partial charge in [0.25, 0.3) is 0 Å². The number of carbonyl (C=O) groups is 1. The summed E-state index contributed by atoms with van der Waals surface area (Å²) in [6, 6.07) is 13.5. The maximum absolute atomic E-state index is 12.0. The molecule has 108 valence electrons. The van der Waals surface area contributed by atoms with E-state index in [1.54, 1.807) is 14.2 Å². The summed E-state index contributed by atoms with van der Waals surface area (Å²) >= 11 is 0. The van der Waals surface area contributed by atoms with Crippen LogP contribution in [0.3, 0.4) is 0 Å². The van der Waals surface area contributed by atoms with Gasteiger partial charge >= 0.3 is 0 Å². The molecule has 4 heteroatoms. The molecule has 21 heavy (non-hydrogen) atoms. The normalized spacial score (nSPS) is 16.9. The Hall–Kier alpha value is -2.49. The number of nitrogens with one attached hydrogen (secondary N) is 1. The van der Waals surface area contributed by atoms with Crippen LogP contribution in [0.1, 0.15) is 23.5 Å². The van der Waals surface area contributed by atoms with E-state index in [-0.39, 0.29) is 11.8 Å². The summed E-state index contributed by atoms with van der Waals surface area (Å²) in [5.41, 5.74) is 2.94. The van der Waals surface area contributed by atoms with E-state index in [4.69, 9.17) is 9.47 Å². The van der Waals surface area contributed by atoms with Crippen LogP contribution >= 0.6 is 0 Å². The fourth-order valence-electron chi connectivity index (χ4n) is 2.80.